The fraction of sp³-hybridized carbons (Fsp3) is 0.385. The van der Waals surface area contributed by atoms with Gasteiger partial charge in [0.15, 0.2) is 0 Å². The largest absolute Gasteiger partial charge is 0.457 e. The molecule has 2 saturated heterocycles. The summed E-state index contributed by atoms with van der Waals surface area (Å²) in [5, 5.41) is 0.0256. The summed E-state index contributed by atoms with van der Waals surface area (Å²) in [5.74, 6) is 0.632. The SMILES string of the molecule is CC(C)(C)OC(=O)N1CCN(C(=S)S[C@@H]2CC(=O)N(c3ccc(Oc4ccc(Cl)cc4)cc3)C2=O)CC1. The molecular formula is C26H28ClN3O5S2. The quantitative estimate of drug-likeness (QED) is 0.366. The minimum atomic E-state index is -0.589. The molecule has 0 aliphatic carbocycles. The molecule has 8 nitrogen and oxygen atoms in total. The van der Waals surface area contributed by atoms with Gasteiger partial charge in [-0.3, -0.25) is 9.59 Å². The van der Waals surface area contributed by atoms with E-state index in [9.17, 15) is 14.4 Å². The Labute approximate surface area is 230 Å². The lowest BCUT2D eigenvalue weighted by Gasteiger charge is -2.36. The molecule has 2 aliphatic rings. The van der Waals surface area contributed by atoms with Crippen molar-refractivity contribution < 1.29 is 23.9 Å². The average Bonchev–Trinajstić information content (AvgIpc) is 3.12. The molecule has 0 saturated carbocycles. The third kappa shape index (κ3) is 6.94. The van der Waals surface area contributed by atoms with Crippen molar-refractivity contribution in [1.29, 1.82) is 0 Å². The van der Waals surface area contributed by atoms with Gasteiger partial charge >= 0.3 is 6.09 Å². The predicted octanol–water partition coefficient (Wildman–Crippen LogP) is 5.34. The van der Waals surface area contributed by atoms with Crippen LogP contribution in [-0.4, -0.2) is 69.1 Å². The van der Waals surface area contributed by atoms with E-state index in [0.717, 1.165) is 0 Å². The first-order valence-corrected chi connectivity index (χ1v) is 13.5. The third-order valence-electron chi connectivity index (χ3n) is 5.68. The first-order valence-electron chi connectivity index (χ1n) is 11.8. The van der Waals surface area contributed by atoms with E-state index in [1.807, 2.05) is 25.7 Å². The van der Waals surface area contributed by atoms with Crippen LogP contribution in [0.15, 0.2) is 48.5 Å². The lowest BCUT2D eigenvalue weighted by molar-refractivity contribution is -0.121. The number of carbonyl (C=O) groups excluding carboxylic acids is 3. The molecule has 3 amide bonds. The maximum absolute atomic E-state index is 13.1. The number of nitrogens with zero attached hydrogens (tertiary/aromatic N) is 3. The Hall–Kier alpha value is -2.82. The normalized spacial score (nSPS) is 18.3. The van der Waals surface area contributed by atoms with Gasteiger partial charge in [-0.15, -0.1) is 0 Å². The fourth-order valence-corrected chi connectivity index (χ4v) is 5.53. The van der Waals surface area contributed by atoms with Crippen molar-refractivity contribution in [3.63, 3.8) is 0 Å². The molecule has 2 aliphatic heterocycles. The zero-order valence-corrected chi connectivity index (χ0v) is 23.2. The van der Waals surface area contributed by atoms with Gasteiger partial charge < -0.3 is 19.3 Å². The minimum Gasteiger partial charge on any atom is -0.457 e. The van der Waals surface area contributed by atoms with Crippen LogP contribution in [0, 0.1) is 0 Å². The zero-order valence-electron chi connectivity index (χ0n) is 20.8. The molecule has 196 valence electrons. The first kappa shape index (κ1) is 27.2. The summed E-state index contributed by atoms with van der Waals surface area (Å²) in [6.45, 7) is 7.53. The Morgan fingerprint density at radius 2 is 1.49 bits per heavy atom. The Morgan fingerprint density at radius 3 is 2.05 bits per heavy atom. The summed E-state index contributed by atoms with van der Waals surface area (Å²) < 4.78 is 11.8. The summed E-state index contributed by atoms with van der Waals surface area (Å²) in [6, 6.07) is 13.8. The molecule has 4 rings (SSSR count). The van der Waals surface area contributed by atoms with Crippen LogP contribution in [0.5, 0.6) is 11.5 Å². The number of thioether (sulfide) groups is 1. The second-order valence-corrected chi connectivity index (χ2v) is 11.9. The van der Waals surface area contributed by atoms with Gasteiger partial charge in [0.25, 0.3) is 0 Å². The highest BCUT2D eigenvalue weighted by atomic mass is 35.5. The van der Waals surface area contributed by atoms with Crippen molar-refractivity contribution in [2.24, 2.45) is 0 Å². The van der Waals surface area contributed by atoms with Gasteiger partial charge in [-0.1, -0.05) is 35.6 Å². The number of benzene rings is 2. The Bertz CT molecular complexity index is 1180. The van der Waals surface area contributed by atoms with Crippen molar-refractivity contribution >= 4 is 63.5 Å². The molecule has 1 atom stereocenters. The summed E-state index contributed by atoms with van der Waals surface area (Å²) in [4.78, 5) is 42.9. The lowest BCUT2D eigenvalue weighted by atomic mass is 10.2. The van der Waals surface area contributed by atoms with Crippen molar-refractivity contribution in [3.8, 4) is 11.5 Å². The van der Waals surface area contributed by atoms with Crippen molar-refractivity contribution in [2.75, 3.05) is 31.1 Å². The molecule has 0 unspecified atom stereocenters. The van der Waals surface area contributed by atoms with Crippen LogP contribution in [0.2, 0.25) is 5.02 Å². The van der Waals surface area contributed by atoms with Gasteiger partial charge in [-0.2, -0.15) is 0 Å². The number of anilines is 1. The van der Waals surface area contributed by atoms with Crippen LogP contribution in [0.3, 0.4) is 0 Å². The van der Waals surface area contributed by atoms with Gasteiger partial charge in [0.2, 0.25) is 11.8 Å². The summed E-state index contributed by atoms with van der Waals surface area (Å²) >= 11 is 12.7. The number of rotatable bonds is 4. The molecule has 37 heavy (non-hydrogen) atoms. The highest BCUT2D eigenvalue weighted by Gasteiger charge is 2.41. The van der Waals surface area contributed by atoms with Crippen LogP contribution < -0.4 is 9.64 Å². The fourth-order valence-electron chi connectivity index (χ4n) is 3.86. The molecule has 0 bridgehead atoms. The van der Waals surface area contributed by atoms with E-state index in [-0.39, 0.29) is 24.3 Å². The van der Waals surface area contributed by atoms with Gasteiger partial charge in [0.05, 0.1) is 5.69 Å². The van der Waals surface area contributed by atoms with Crippen molar-refractivity contribution in [1.82, 2.24) is 9.80 Å². The number of carbonyl (C=O) groups is 3. The van der Waals surface area contributed by atoms with Crippen molar-refractivity contribution in [3.05, 3.63) is 53.6 Å². The van der Waals surface area contributed by atoms with Crippen LogP contribution in [0.1, 0.15) is 27.2 Å². The van der Waals surface area contributed by atoms with Gasteiger partial charge in [-0.25, -0.2) is 9.69 Å². The van der Waals surface area contributed by atoms with E-state index < -0.39 is 10.9 Å². The highest BCUT2D eigenvalue weighted by Crippen LogP contribution is 2.33. The van der Waals surface area contributed by atoms with Gasteiger partial charge in [0.1, 0.15) is 26.7 Å². The predicted molar refractivity (Wildman–Crippen MR) is 148 cm³/mol. The molecule has 2 fully saturated rings. The van der Waals surface area contributed by atoms with Crippen LogP contribution >= 0.6 is 35.6 Å². The van der Waals surface area contributed by atoms with Gasteiger partial charge in [-0.05, 0) is 69.3 Å². The summed E-state index contributed by atoms with van der Waals surface area (Å²) in [6.07, 6.45) is -0.271. The van der Waals surface area contributed by atoms with Gasteiger partial charge in [0, 0.05) is 37.6 Å². The van der Waals surface area contributed by atoms with Crippen LogP contribution in [0.25, 0.3) is 0 Å². The second kappa shape index (κ2) is 11.3. The standard InChI is InChI=1S/C26H28ClN3O5S2/c1-26(2,3)35-24(33)28-12-14-29(15-13-28)25(36)37-21-16-22(31)30(23(21)32)18-6-10-20(11-7-18)34-19-8-4-17(27)5-9-19/h4-11,21H,12-16H2,1-3H3/t21-/m1/s1. The van der Waals surface area contributed by atoms with E-state index in [1.54, 1.807) is 53.4 Å². The minimum absolute atomic E-state index is 0.0739. The van der Waals surface area contributed by atoms with E-state index in [2.05, 4.69) is 0 Å². The van der Waals surface area contributed by atoms with Crippen LogP contribution in [-0.2, 0) is 14.3 Å². The number of thiocarbonyl (C=S) groups is 1. The number of hydrogen-bond donors (Lipinski definition) is 0. The summed E-state index contributed by atoms with van der Waals surface area (Å²) in [7, 11) is 0. The van der Waals surface area contributed by atoms with E-state index >= 15 is 0 Å². The monoisotopic (exact) mass is 561 g/mol. The van der Waals surface area contributed by atoms with E-state index in [4.69, 9.17) is 33.3 Å². The molecule has 0 N–H and O–H groups in total. The topological polar surface area (TPSA) is 79.4 Å². The highest BCUT2D eigenvalue weighted by molar-refractivity contribution is 8.23. The number of amides is 3. The number of hydrogen-bond acceptors (Lipinski definition) is 7. The maximum atomic E-state index is 13.1. The lowest BCUT2D eigenvalue weighted by Crippen LogP contribution is -2.51. The molecule has 2 heterocycles. The zero-order chi connectivity index (χ0) is 26.7. The molecule has 0 spiro atoms. The van der Waals surface area contributed by atoms with E-state index in [0.29, 0.717) is 52.7 Å². The molecule has 0 aromatic heterocycles. The molecular weight excluding hydrogens is 534 g/mol. The smallest absolute Gasteiger partial charge is 0.410 e. The Morgan fingerprint density at radius 1 is 0.946 bits per heavy atom. The number of halogens is 1. The maximum Gasteiger partial charge on any atom is 0.410 e. The number of imide groups is 1. The number of piperazine rings is 1. The van der Waals surface area contributed by atoms with E-state index in [1.165, 1.54) is 16.7 Å². The van der Waals surface area contributed by atoms with Crippen molar-refractivity contribution in [2.45, 2.75) is 38.0 Å². The Balaban J connectivity index is 1.31. The summed E-state index contributed by atoms with van der Waals surface area (Å²) in [5.41, 5.74) is -0.0663. The molecule has 11 heteroatoms. The first-order chi connectivity index (χ1) is 17.5. The third-order valence-corrected chi connectivity index (χ3v) is 7.59. The second-order valence-electron chi connectivity index (χ2n) is 9.65. The number of ether oxygens (including phenoxy) is 2. The Kier molecular flexibility index (Phi) is 8.30. The van der Waals surface area contributed by atoms with Crippen LogP contribution in [0.4, 0.5) is 10.5 Å². The molecule has 2 aromatic rings. The molecule has 2 aromatic carbocycles. The average molecular weight is 562 g/mol. The molecule has 0 radical (unpaired) electrons.